The van der Waals surface area contributed by atoms with Gasteiger partial charge in [0.1, 0.15) is 5.82 Å². The zero-order valence-electron chi connectivity index (χ0n) is 8.24. The van der Waals surface area contributed by atoms with Gasteiger partial charge in [0.05, 0.1) is 24.6 Å². The van der Waals surface area contributed by atoms with Crippen molar-refractivity contribution in [3.05, 3.63) is 29.6 Å². The van der Waals surface area contributed by atoms with Crippen LogP contribution in [-0.4, -0.2) is 18.2 Å². The Morgan fingerprint density at radius 3 is 2.62 bits per heavy atom. The SMILES string of the molecule is N#Cc1cc(F)cc(N2CC(=O)CC2=O)c1. The summed E-state index contributed by atoms with van der Waals surface area (Å²) in [6, 6.07) is 5.39. The molecule has 0 atom stereocenters. The van der Waals surface area contributed by atoms with E-state index in [0.717, 1.165) is 12.1 Å². The summed E-state index contributed by atoms with van der Waals surface area (Å²) in [6.07, 6.45) is -0.154. The van der Waals surface area contributed by atoms with Crippen LogP contribution in [0.25, 0.3) is 0 Å². The monoisotopic (exact) mass is 218 g/mol. The van der Waals surface area contributed by atoms with E-state index in [4.69, 9.17) is 5.26 Å². The van der Waals surface area contributed by atoms with Crippen molar-refractivity contribution in [2.45, 2.75) is 6.42 Å². The van der Waals surface area contributed by atoms with Crippen LogP contribution < -0.4 is 4.90 Å². The lowest BCUT2D eigenvalue weighted by Crippen LogP contribution is -2.24. The summed E-state index contributed by atoms with van der Waals surface area (Å²) in [5.74, 6) is -1.16. The number of nitrogens with zero attached hydrogens (tertiary/aromatic N) is 2. The van der Waals surface area contributed by atoms with Crippen molar-refractivity contribution in [2.24, 2.45) is 0 Å². The summed E-state index contributed by atoms with van der Waals surface area (Å²) >= 11 is 0. The Hall–Kier alpha value is -2.22. The Kier molecular flexibility index (Phi) is 2.41. The van der Waals surface area contributed by atoms with Crippen LogP contribution in [0.15, 0.2) is 18.2 Å². The summed E-state index contributed by atoms with van der Waals surface area (Å²) in [6.45, 7) is -0.0485. The highest BCUT2D eigenvalue weighted by molar-refractivity contribution is 6.15. The third-order valence-corrected chi connectivity index (χ3v) is 2.31. The molecule has 0 bridgehead atoms. The zero-order valence-corrected chi connectivity index (χ0v) is 8.24. The molecule has 0 unspecified atom stereocenters. The van der Waals surface area contributed by atoms with E-state index < -0.39 is 5.82 Å². The normalized spacial score (nSPS) is 15.4. The highest BCUT2D eigenvalue weighted by Crippen LogP contribution is 2.22. The number of benzene rings is 1. The lowest BCUT2D eigenvalue weighted by atomic mass is 10.2. The van der Waals surface area contributed by atoms with Gasteiger partial charge in [-0.05, 0) is 18.2 Å². The maximum absolute atomic E-state index is 13.1. The molecular formula is C11H7FN2O2. The standard InChI is InChI=1S/C11H7FN2O2/c12-8-1-7(5-13)2-9(3-8)14-6-10(15)4-11(14)16/h1-3H,4,6H2. The van der Waals surface area contributed by atoms with E-state index in [1.165, 1.54) is 11.0 Å². The highest BCUT2D eigenvalue weighted by atomic mass is 19.1. The molecule has 4 nitrogen and oxygen atoms in total. The van der Waals surface area contributed by atoms with E-state index in [9.17, 15) is 14.0 Å². The molecule has 1 heterocycles. The Balaban J connectivity index is 2.41. The number of carbonyl (C=O) groups excluding carboxylic acids is 2. The number of amides is 1. The molecular weight excluding hydrogens is 211 g/mol. The van der Waals surface area contributed by atoms with Crippen LogP contribution in [0.5, 0.6) is 0 Å². The van der Waals surface area contributed by atoms with Crippen molar-refractivity contribution < 1.29 is 14.0 Å². The molecule has 0 aromatic heterocycles. The summed E-state index contributed by atoms with van der Waals surface area (Å²) in [7, 11) is 0. The molecule has 0 radical (unpaired) electrons. The first-order valence-corrected chi connectivity index (χ1v) is 4.63. The van der Waals surface area contributed by atoms with E-state index in [0.29, 0.717) is 0 Å². The van der Waals surface area contributed by atoms with Gasteiger partial charge in [0.15, 0.2) is 5.78 Å². The second-order valence-corrected chi connectivity index (χ2v) is 3.51. The third-order valence-electron chi connectivity index (χ3n) is 2.31. The zero-order chi connectivity index (χ0) is 11.7. The molecule has 1 saturated heterocycles. The molecule has 1 aliphatic heterocycles. The smallest absolute Gasteiger partial charge is 0.234 e. The quantitative estimate of drug-likeness (QED) is 0.661. The first kappa shape index (κ1) is 10.3. The van der Waals surface area contributed by atoms with Gasteiger partial charge in [-0.25, -0.2) is 4.39 Å². The average Bonchev–Trinajstić information content (AvgIpc) is 2.57. The fourth-order valence-corrected chi connectivity index (χ4v) is 1.61. The van der Waals surface area contributed by atoms with E-state index in [1.54, 1.807) is 6.07 Å². The predicted octanol–water partition coefficient (Wildman–Crippen LogP) is 1.00. The first-order chi connectivity index (χ1) is 7.60. The Bertz CT molecular complexity index is 519. The second kappa shape index (κ2) is 3.74. The molecule has 1 aromatic carbocycles. The van der Waals surface area contributed by atoms with E-state index in [2.05, 4.69) is 0 Å². The number of anilines is 1. The van der Waals surface area contributed by atoms with Crippen molar-refractivity contribution in [1.29, 1.82) is 5.26 Å². The largest absolute Gasteiger partial charge is 0.304 e. The van der Waals surface area contributed by atoms with Crippen LogP contribution in [0, 0.1) is 17.1 Å². The molecule has 0 spiro atoms. The van der Waals surface area contributed by atoms with E-state index >= 15 is 0 Å². The Morgan fingerprint density at radius 1 is 1.31 bits per heavy atom. The molecule has 1 amide bonds. The fourth-order valence-electron chi connectivity index (χ4n) is 1.61. The van der Waals surface area contributed by atoms with Crippen molar-refractivity contribution in [2.75, 3.05) is 11.4 Å². The van der Waals surface area contributed by atoms with Gasteiger partial charge in [-0.2, -0.15) is 5.26 Å². The topological polar surface area (TPSA) is 61.2 Å². The molecule has 16 heavy (non-hydrogen) atoms. The molecule has 1 fully saturated rings. The highest BCUT2D eigenvalue weighted by Gasteiger charge is 2.28. The van der Waals surface area contributed by atoms with Crippen LogP contribution in [0.2, 0.25) is 0 Å². The fraction of sp³-hybridized carbons (Fsp3) is 0.182. The molecule has 1 aromatic rings. The van der Waals surface area contributed by atoms with Crippen molar-refractivity contribution >= 4 is 17.4 Å². The number of nitriles is 1. The van der Waals surface area contributed by atoms with Gasteiger partial charge in [0, 0.05) is 5.69 Å². The van der Waals surface area contributed by atoms with Gasteiger partial charge < -0.3 is 4.90 Å². The Labute approximate surface area is 90.9 Å². The van der Waals surface area contributed by atoms with Crippen LogP contribution >= 0.6 is 0 Å². The van der Waals surface area contributed by atoms with Crippen LogP contribution in [0.3, 0.4) is 0 Å². The van der Waals surface area contributed by atoms with Crippen molar-refractivity contribution in [3.8, 4) is 6.07 Å². The summed E-state index contributed by atoms with van der Waals surface area (Å²) in [5.41, 5.74) is 0.384. The minimum absolute atomic E-state index is 0.0485. The second-order valence-electron chi connectivity index (χ2n) is 3.51. The van der Waals surface area contributed by atoms with Crippen LogP contribution in [0.4, 0.5) is 10.1 Å². The van der Waals surface area contributed by atoms with Gasteiger partial charge in [-0.15, -0.1) is 0 Å². The van der Waals surface area contributed by atoms with Gasteiger partial charge in [-0.3, -0.25) is 9.59 Å². The summed E-state index contributed by atoms with van der Waals surface area (Å²) < 4.78 is 13.1. The molecule has 2 rings (SSSR count). The number of halogens is 1. The molecule has 1 aliphatic rings. The number of hydrogen-bond donors (Lipinski definition) is 0. The number of hydrogen-bond acceptors (Lipinski definition) is 3. The number of rotatable bonds is 1. The first-order valence-electron chi connectivity index (χ1n) is 4.63. The summed E-state index contributed by atoms with van der Waals surface area (Å²) in [5, 5.41) is 8.66. The average molecular weight is 218 g/mol. The predicted molar refractivity (Wildman–Crippen MR) is 53.1 cm³/mol. The number of ketones is 1. The van der Waals surface area contributed by atoms with Gasteiger partial charge in [-0.1, -0.05) is 0 Å². The lowest BCUT2D eigenvalue weighted by Gasteiger charge is -2.14. The number of carbonyl (C=O) groups is 2. The molecule has 0 aliphatic carbocycles. The number of Topliss-reactive ketones (excluding diaryl/α,β-unsaturated/α-hetero) is 1. The third kappa shape index (κ3) is 1.77. The van der Waals surface area contributed by atoms with E-state index in [1.807, 2.05) is 0 Å². The maximum Gasteiger partial charge on any atom is 0.234 e. The van der Waals surface area contributed by atoms with Crippen molar-refractivity contribution in [1.82, 2.24) is 0 Å². The van der Waals surface area contributed by atoms with Crippen LogP contribution in [-0.2, 0) is 9.59 Å². The van der Waals surface area contributed by atoms with Gasteiger partial charge in [0.25, 0.3) is 0 Å². The minimum Gasteiger partial charge on any atom is -0.304 e. The molecule has 0 saturated carbocycles. The maximum atomic E-state index is 13.1. The van der Waals surface area contributed by atoms with Crippen molar-refractivity contribution in [3.63, 3.8) is 0 Å². The molecule has 5 heteroatoms. The minimum atomic E-state index is -0.596. The van der Waals surface area contributed by atoms with E-state index in [-0.39, 0.29) is 35.9 Å². The van der Waals surface area contributed by atoms with Crippen LogP contribution in [0.1, 0.15) is 12.0 Å². The van der Waals surface area contributed by atoms with Gasteiger partial charge >= 0.3 is 0 Å². The van der Waals surface area contributed by atoms with Gasteiger partial charge in [0.2, 0.25) is 5.91 Å². The lowest BCUT2D eigenvalue weighted by molar-refractivity contribution is -0.121. The molecule has 80 valence electrons. The molecule has 0 N–H and O–H groups in total. The Morgan fingerprint density at radius 2 is 2.06 bits per heavy atom. The summed E-state index contributed by atoms with van der Waals surface area (Å²) in [4.78, 5) is 23.6.